The van der Waals surface area contributed by atoms with Crippen LogP contribution in [0.5, 0.6) is 0 Å². The van der Waals surface area contributed by atoms with Gasteiger partial charge in [-0.25, -0.2) is 4.57 Å². The molecule has 0 rings (SSSR count). The van der Waals surface area contributed by atoms with Crippen LogP contribution in [0.25, 0.3) is 0 Å². The second-order valence-electron chi connectivity index (χ2n) is 25.8. The molecule has 0 aromatic heterocycles. The number of hydrogen-bond donors (Lipinski definition) is 2. The molecule has 0 aromatic carbocycles. The third-order valence-corrected chi connectivity index (χ3v) is 17.1. The fourth-order valence-corrected chi connectivity index (χ4v) is 11.2. The Morgan fingerprint density at radius 2 is 0.718 bits per heavy atom. The van der Waals surface area contributed by atoms with Gasteiger partial charge in [0.1, 0.15) is 19.3 Å². The van der Waals surface area contributed by atoms with Gasteiger partial charge >= 0.3 is 13.8 Å². The molecule has 0 bridgehead atoms. The number of quaternary nitrogens is 1. The van der Waals surface area contributed by atoms with Crippen LogP contribution in [0.15, 0.2) is 72.9 Å². The Kier molecular flexibility index (Phi) is 62.5. The summed E-state index contributed by atoms with van der Waals surface area (Å²) in [6, 6.07) is -0.857. The molecule has 1 amide bonds. The summed E-state index contributed by atoms with van der Waals surface area (Å²) >= 11 is 0. The van der Waals surface area contributed by atoms with Crippen molar-refractivity contribution >= 4 is 19.7 Å². The van der Waals surface area contributed by atoms with Crippen LogP contribution in [0.2, 0.25) is 0 Å². The topological polar surface area (TPSA) is 111 Å². The number of carbonyl (C=O) groups excluding carboxylic acids is 2. The van der Waals surface area contributed by atoms with Crippen molar-refractivity contribution in [3.8, 4) is 0 Å². The summed E-state index contributed by atoms with van der Waals surface area (Å²) in [6.07, 6.45) is 84.8. The summed E-state index contributed by atoms with van der Waals surface area (Å²) < 4.78 is 30.9. The molecule has 9 nitrogen and oxygen atoms in total. The number of nitrogens with zero attached hydrogens (tertiary/aromatic N) is 1. The van der Waals surface area contributed by atoms with Crippen molar-refractivity contribution in [3.63, 3.8) is 0 Å². The summed E-state index contributed by atoms with van der Waals surface area (Å²) in [4.78, 5) is 37.9. The maximum absolute atomic E-state index is 13.6. The molecule has 10 heteroatoms. The fraction of sp³-hybridized carbons (Fsp3) is 0.813. The number of phosphoric ester groups is 1. The minimum Gasteiger partial charge on any atom is -0.456 e. The van der Waals surface area contributed by atoms with Crippen LogP contribution < -0.4 is 5.32 Å². The van der Waals surface area contributed by atoms with Gasteiger partial charge in [-0.3, -0.25) is 18.6 Å². The van der Waals surface area contributed by atoms with Gasteiger partial charge in [0, 0.05) is 12.8 Å². The molecular weight excluding hydrogens is 1070 g/mol. The van der Waals surface area contributed by atoms with Crippen LogP contribution in [0.3, 0.4) is 0 Å². The fourth-order valence-electron chi connectivity index (χ4n) is 10.5. The predicted molar refractivity (Wildman–Crippen MR) is 369 cm³/mol. The third-order valence-electron chi connectivity index (χ3n) is 16.1. The summed E-state index contributed by atoms with van der Waals surface area (Å²) in [5.41, 5.74) is 0. The van der Waals surface area contributed by atoms with Gasteiger partial charge in [0.25, 0.3) is 0 Å². The van der Waals surface area contributed by atoms with E-state index in [9.17, 15) is 19.0 Å². The first-order chi connectivity index (χ1) is 41.4. The maximum Gasteiger partial charge on any atom is 0.472 e. The zero-order valence-corrected chi connectivity index (χ0v) is 57.7. The lowest BCUT2D eigenvalue weighted by atomic mass is 10.0. The van der Waals surface area contributed by atoms with E-state index in [4.69, 9.17) is 13.8 Å². The Balaban J connectivity index is 5.12. The minimum atomic E-state index is -4.46. The Bertz CT molecular complexity index is 1680. The normalized spacial score (nSPS) is 13.9. The van der Waals surface area contributed by atoms with Gasteiger partial charge in [0.05, 0.1) is 33.8 Å². The molecule has 2 N–H and O–H groups in total. The van der Waals surface area contributed by atoms with Gasteiger partial charge in [-0.2, -0.15) is 0 Å². The third kappa shape index (κ3) is 65.7. The van der Waals surface area contributed by atoms with E-state index in [0.29, 0.717) is 17.4 Å². The van der Waals surface area contributed by atoms with E-state index in [1.807, 2.05) is 33.3 Å². The Labute approximate surface area is 527 Å². The molecule has 3 unspecified atom stereocenters. The molecule has 0 aliphatic rings. The first-order valence-electron chi connectivity index (χ1n) is 36.3. The second-order valence-corrected chi connectivity index (χ2v) is 27.2. The van der Waals surface area contributed by atoms with Gasteiger partial charge in [0.15, 0.2) is 0 Å². The van der Waals surface area contributed by atoms with Crippen molar-refractivity contribution in [2.24, 2.45) is 0 Å². The van der Waals surface area contributed by atoms with Gasteiger partial charge < -0.3 is 19.4 Å². The summed E-state index contributed by atoms with van der Waals surface area (Å²) in [5, 5.41) is 3.07. The predicted octanol–water partition coefficient (Wildman–Crippen LogP) is 23.1. The van der Waals surface area contributed by atoms with Crippen LogP contribution in [0, 0.1) is 0 Å². The quantitative estimate of drug-likeness (QED) is 0.0205. The van der Waals surface area contributed by atoms with Gasteiger partial charge in [0.2, 0.25) is 5.91 Å². The van der Waals surface area contributed by atoms with Crippen LogP contribution in [-0.4, -0.2) is 74.3 Å². The highest BCUT2D eigenvalue weighted by atomic mass is 31.2. The van der Waals surface area contributed by atoms with Crippen molar-refractivity contribution < 1.29 is 37.3 Å². The van der Waals surface area contributed by atoms with Crippen molar-refractivity contribution in [2.75, 3.05) is 40.9 Å². The average molecular weight is 1210 g/mol. The molecule has 0 aliphatic heterocycles. The Morgan fingerprint density at radius 1 is 0.412 bits per heavy atom. The number of phosphoric acid groups is 1. The molecule has 0 radical (unpaired) electrons. The summed E-state index contributed by atoms with van der Waals surface area (Å²) in [5.74, 6) is -0.507. The van der Waals surface area contributed by atoms with E-state index in [-0.39, 0.29) is 31.5 Å². The van der Waals surface area contributed by atoms with E-state index < -0.39 is 20.0 Å². The Morgan fingerprint density at radius 3 is 1.11 bits per heavy atom. The number of amides is 1. The van der Waals surface area contributed by atoms with E-state index >= 15 is 0 Å². The lowest BCUT2D eigenvalue weighted by Gasteiger charge is -2.27. The average Bonchev–Trinajstić information content (AvgIpc) is 3.52. The minimum absolute atomic E-state index is 0.0367. The largest absolute Gasteiger partial charge is 0.472 e. The van der Waals surface area contributed by atoms with Crippen molar-refractivity contribution in [1.82, 2.24) is 5.32 Å². The maximum atomic E-state index is 13.6. The molecule has 0 fully saturated rings. The molecule has 0 heterocycles. The van der Waals surface area contributed by atoms with Gasteiger partial charge in [-0.05, 0) is 102 Å². The number of unbranched alkanes of at least 4 members (excludes halogenated alkanes) is 40. The number of hydrogen-bond acceptors (Lipinski definition) is 6. The van der Waals surface area contributed by atoms with Gasteiger partial charge in [-0.1, -0.05) is 299 Å². The smallest absolute Gasteiger partial charge is 0.456 e. The van der Waals surface area contributed by atoms with Crippen LogP contribution in [0.1, 0.15) is 342 Å². The highest BCUT2D eigenvalue weighted by Gasteiger charge is 2.30. The summed E-state index contributed by atoms with van der Waals surface area (Å²) in [6.45, 7) is 7.01. The Hall–Kier alpha value is -2.55. The number of carbonyl (C=O) groups is 2. The van der Waals surface area contributed by atoms with E-state index in [0.717, 1.165) is 89.9 Å². The lowest BCUT2D eigenvalue weighted by Crippen LogP contribution is -2.47. The standard InChI is InChI=1S/C75H139N2O7P/c1-7-10-13-16-19-22-25-28-30-32-34-36-38-40-42-44-46-49-52-55-58-61-64-67-74(78)76-72(71-83-85(80,81)82-70-69-77(4,5)6)73(66-63-60-57-54-51-48-27-24-21-18-15-12-9-3)84-75(79)68-65-62-59-56-53-50-47-45-43-41-39-37-35-33-31-29-26-23-20-17-14-11-8-2/h19,22,28-31,34,36,40,42,63,66,72-73H,7-18,20-21,23-27,32-33,35,37-39,41,43-62,64-65,67-71H2,1-6H3,(H-,76,78,80,81)/p+1/b22-19-,30-28-,31-29+,36-34-,42-40-,66-63+. The summed E-state index contributed by atoms with van der Waals surface area (Å²) in [7, 11) is 1.49. The first kappa shape index (κ1) is 82.5. The van der Waals surface area contributed by atoms with Crippen molar-refractivity contribution in [2.45, 2.75) is 354 Å². The molecule has 85 heavy (non-hydrogen) atoms. The number of likely N-dealkylation sites (N-methyl/N-ethyl adjacent to an activating group) is 1. The number of rotatable bonds is 66. The molecule has 0 aliphatic carbocycles. The number of esters is 1. The van der Waals surface area contributed by atoms with Gasteiger partial charge in [-0.15, -0.1) is 0 Å². The zero-order valence-electron chi connectivity index (χ0n) is 56.9. The van der Waals surface area contributed by atoms with Crippen LogP contribution in [-0.2, 0) is 27.9 Å². The molecule has 0 spiro atoms. The molecule has 0 aromatic rings. The highest BCUT2D eigenvalue weighted by molar-refractivity contribution is 7.47. The number of nitrogens with one attached hydrogen (secondary N) is 1. The molecule has 0 saturated heterocycles. The molecule has 3 atom stereocenters. The first-order valence-corrected chi connectivity index (χ1v) is 37.8. The SMILES string of the molecule is CCCCC/C=C\C/C=C\C/C=C\C/C=C\CCCCCCCCCC(=O)NC(COP(=O)(O)OCC[N+](C)(C)C)C(/C=C/CCCCCCCCCCCCC)OC(=O)CCCCCCCCCCCCCCC/C=C/CCCCCCCC. The van der Waals surface area contributed by atoms with E-state index in [2.05, 4.69) is 86.8 Å². The van der Waals surface area contributed by atoms with Crippen LogP contribution in [0.4, 0.5) is 0 Å². The molecule has 0 saturated carbocycles. The van der Waals surface area contributed by atoms with E-state index in [1.165, 1.54) is 218 Å². The zero-order chi connectivity index (χ0) is 62.1. The van der Waals surface area contributed by atoms with E-state index in [1.54, 1.807) is 0 Å². The lowest BCUT2D eigenvalue weighted by molar-refractivity contribution is -0.870. The van der Waals surface area contributed by atoms with Crippen LogP contribution >= 0.6 is 7.82 Å². The second kappa shape index (κ2) is 64.4. The molecule has 496 valence electrons. The highest BCUT2D eigenvalue weighted by Crippen LogP contribution is 2.43. The van der Waals surface area contributed by atoms with Crippen molar-refractivity contribution in [3.05, 3.63) is 72.9 Å². The number of allylic oxidation sites excluding steroid dienone is 11. The number of ether oxygens (including phenoxy) is 1. The molecular formula is C75H140N2O7P+. The van der Waals surface area contributed by atoms with Crippen molar-refractivity contribution in [1.29, 1.82) is 0 Å². The monoisotopic (exact) mass is 1210 g/mol.